The van der Waals surface area contributed by atoms with Gasteiger partial charge in [-0.05, 0) is 12.8 Å². The van der Waals surface area contributed by atoms with Crippen LogP contribution in [0, 0.1) is 11.3 Å². The van der Waals surface area contributed by atoms with Crippen LogP contribution in [0.5, 0.6) is 0 Å². The number of halogens is 2. The molecule has 2 aliphatic rings. The zero-order valence-corrected chi connectivity index (χ0v) is 11.1. The van der Waals surface area contributed by atoms with Crippen molar-refractivity contribution in [3.8, 4) is 6.07 Å². The average Bonchev–Trinajstić information content (AvgIpc) is 2.47. The van der Waals surface area contributed by atoms with E-state index in [0.29, 0.717) is 12.8 Å². The number of nitriles is 1. The molecule has 2 fully saturated rings. The molecule has 0 aromatic heterocycles. The minimum atomic E-state index is -3.86. The number of hydrogen-bond acceptors (Lipinski definition) is 4. The summed E-state index contributed by atoms with van der Waals surface area (Å²) in [5, 5.41) is 19.1. The van der Waals surface area contributed by atoms with Crippen molar-refractivity contribution >= 4 is 5.91 Å². The van der Waals surface area contributed by atoms with Crippen molar-refractivity contribution in [2.24, 2.45) is 0 Å². The molecule has 1 saturated carbocycles. The van der Waals surface area contributed by atoms with E-state index in [9.17, 15) is 18.7 Å². The average molecular weight is 288 g/mol. The molecule has 1 aliphatic heterocycles. The molecule has 1 atom stereocenters. The number of amides is 1. The van der Waals surface area contributed by atoms with Gasteiger partial charge < -0.3 is 14.7 Å². The van der Waals surface area contributed by atoms with Crippen molar-refractivity contribution in [2.75, 3.05) is 19.8 Å². The van der Waals surface area contributed by atoms with Crippen LogP contribution < -0.4 is 0 Å². The van der Waals surface area contributed by atoms with Gasteiger partial charge in [0.05, 0.1) is 19.3 Å². The van der Waals surface area contributed by atoms with E-state index in [1.807, 2.05) is 0 Å². The first kappa shape index (κ1) is 15.1. The Balaban J connectivity index is 2.19. The van der Waals surface area contributed by atoms with Crippen LogP contribution in [-0.4, -0.2) is 53.2 Å². The Morgan fingerprint density at radius 2 is 2.05 bits per heavy atom. The van der Waals surface area contributed by atoms with E-state index in [1.165, 1.54) is 0 Å². The van der Waals surface area contributed by atoms with Crippen LogP contribution in [0.3, 0.4) is 0 Å². The largest absolute Gasteiger partial charge is 0.383 e. The molecule has 112 valence electrons. The standard InChI is InChI=1S/C13H18F2N2O3/c14-13(15,12(19)4-2-1-3-5-12)11(18)17-6-7-20-9-10(17)8-16/h10,19H,1-7,9H2/t10-/m0/s1. The van der Waals surface area contributed by atoms with E-state index >= 15 is 0 Å². The monoisotopic (exact) mass is 288 g/mol. The lowest BCUT2D eigenvalue weighted by atomic mass is 9.79. The van der Waals surface area contributed by atoms with Crippen molar-refractivity contribution in [1.82, 2.24) is 4.90 Å². The van der Waals surface area contributed by atoms with Crippen LogP contribution in [0.4, 0.5) is 8.78 Å². The lowest BCUT2D eigenvalue weighted by Crippen LogP contribution is -2.62. The number of ether oxygens (including phenoxy) is 1. The zero-order chi connectivity index (χ0) is 14.8. The highest BCUT2D eigenvalue weighted by atomic mass is 19.3. The third-order valence-electron chi connectivity index (χ3n) is 4.07. The Kier molecular flexibility index (Phi) is 4.25. The quantitative estimate of drug-likeness (QED) is 0.825. The van der Waals surface area contributed by atoms with Crippen LogP contribution in [0.15, 0.2) is 0 Å². The summed E-state index contributed by atoms with van der Waals surface area (Å²) in [5.74, 6) is -5.32. The maximum Gasteiger partial charge on any atom is 0.352 e. The molecule has 0 unspecified atom stereocenters. The predicted molar refractivity (Wildman–Crippen MR) is 64.9 cm³/mol. The normalized spacial score (nSPS) is 26.9. The molecule has 0 bridgehead atoms. The van der Waals surface area contributed by atoms with E-state index in [1.54, 1.807) is 6.07 Å². The summed E-state index contributed by atoms with van der Waals surface area (Å²) in [5.41, 5.74) is -2.29. The van der Waals surface area contributed by atoms with Crippen LogP contribution in [-0.2, 0) is 9.53 Å². The van der Waals surface area contributed by atoms with Gasteiger partial charge in [0, 0.05) is 6.54 Å². The first-order valence-electron chi connectivity index (χ1n) is 6.81. The number of hydrogen-bond donors (Lipinski definition) is 1. The highest BCUT2D eigenvalue weighted by Gasteiger charge is 2.60. The molecule has 0 aromatic carbocycles. The second-order valence-electron chi connectivity index (χ2n) is 5.38. The smallest absolute Gasteiger partial charge is 0.352 e. The fourth-order valence-corrected chi connectivity index (χ4v) is 2.78. The highest BCUT2D eigenvalue weighted by molar-refractivity contribution is 5.85. The fraction of sp³-hybridized carbons (Fsp3) is 0.846. The Morgan fingerprint density at radius 1 is 1.40 bits per heavy atom. The number of carbonyl (C=O) groups excluding carboxylic acids is 1. The van der Waals surface area contributed by atoms with Crippen LogP contribution in [0.25, 0.3) is 0 Å². The second kappa shape index (κ2) is 5.62. The molecular weight excluding hydrogens is 270 g/mol. The van der Waals surface area contributed by atoms with Gasteiger partial charge in [-0.1, -0.05) is 19.3 Å². The molecule has 7 heteroatoms. The van der Waals surface area contributed by atoms with Gasteiger partial charge in [-0.25, -0.2) is 0 Å². The van der Waals surface area contributed by atoms with Gasteiger partial charge in [-0.15, -0.1) is 0 Å². The van der Waals surface area contributed by atoms with E-state index in [0.717, 1.165) is 11.3 Å². The number of morpholine rings is 1. The molecule has 1 aliphatic carbocycles. The summed E-state index contributed by atoms with van der Waals surface area (Å²) in [6.45, 7) is -0.00208. The third kappa shape index (κ3) is 2.50. The summed E-state index contributed by atoms with van der Waals surface area (Å²) in [4.78, 5) is 12.9. The van der Waals surface area contributed by atoms with Gasteiger partial charge in [0.15, 0.2) is 0 Å². The number of alkyl halides is 2. The first-order valence-corrected chi connectivity index (χ1v) is 6.81. The summed E-state index contributed by atoms with van der Waals surface area (Å²) in [7, 11) is 0. The third-order valence-corrected chi connectivity index (χ3v) is 4.07. The van der Waals surface area contributed by atoms with Crippen LogP contribution in [0.2, 0.25) is 0 Å². The summed E-state index contributed by atoms with van der Waals surface area (Å²) >= 11 is 0. The highest BCUT2D eigenvalue weighted by Crippen LogP contribution is 2.42. The van der Waals surface area contributed by atoms with E-state index < -0.39 is 23.5 Å². The molecule has 1 N–H and O–H groups in total. The van der Waals surface area contributed by atoms with Gasteiger partial charge in [0.25, 0.3) is 5.91 Å². The Hall–Kier alpha value is -1.26. The minimum absolute atomic E-state index is 0.0528. The minimum Gasteiger partial charge on any atom is -0.383 e. The van der Waals surface area contributed by atoms with Crippen molar-refractivity contribution in [3.05, 3.63) is 0 Å². The molecule has 0 aromatic rings. The molecule has 1 saturated heterocycles. The molecule has 0 radical (unpaired) electrons. The Morgan fingerprint density at radius 3 is 2.65 bits per heavy atom. The number of nitrogens with zero attached hydrogens (tertiary/aromatic N) is 2. The van der Waals surface area contributed by atoms with Crippen molar-refractivity contribution in [1.29, 1.82) is 5.26 Å². The maximum absolute atomic E-state index is 14.4. The predicted octanol–water partition coefficient (Wildman–Crippen LogP) is 1.07. The van der Waals surface area contributed by atoms with E-state index in [4.69, 9.17) is 10.00 Å². The summed E-state index contributed by atoms with van der Waals surface area (Å²) < 4.78 is 33.8. The Labute approximate surface area is 116 Å². The number of rotatable bonds is 2. The van der Waals surface area contributed by atoms with Crippen LogP contribution >= 0.6 is 0 Å². The molecule has 0 spiro atoms. The Bertz CT molecular complexity index is 416. The van der Waals surface area contributed by atoms with E-state index in [-0.39, 0.29) is 32.6 Å². The molecule has 20 heavy (non-hydrogen) atoms. The van der Waals surface area contributed by atoms with Gasteiger partial charge in [0.2, 0.25) is 0 Å². The van der Waals surface area contributed by atoms with Gasteiger partial charge in [0.1, 0.15) is 11.6 Å². The summed E-state index contributed by atoms with van der Waals surface area (Å²) in [6.07, 6.45) is 1.56. The SMILES string of the molecule is N#C[C@H]1COCCN1C(=O)C(F)(F)C1(O)CCCCC1. The molecule has 2 rings (SSSR count). The van der Waals surface area contributed by atoms with Gasteiger partial charge >= 0.3 is 5.92 Å². The first-order chi connectivity index (χ1) is 9.42. The van der Waals surface area contributed by atoms with Crippen molar-refractivity contribution in [2.45, 2.75) is 49.7 Å². The second-order valence-corrected chi connectivity index (χ2v) is 5.38. The van der Waals surface area contributed by atoms with Crippen molar-refractivity contribution in [3.63, 3.8) is 0 Å². The number of carbonyl (C=O) groups is 1. The molecule has 1 heterocycles. The van der Waals surface area contributed by atoms with Crippen molar-refractivity contribution < 1.29 is 23.4 Å². The van der Waals surface area contributed by atoms with Gasteiger partial charge in [-0.2, -0.15) is 14.0 Å². The van der Waals surface area contributed by atoms with Gasteiger partial charge in [-0.3, -0.25) is 4.79 Å². The maximum atomic E-state index is 14.4. The van der Waals surface area contributed by atoms with Crippen LogP contribution in [0.1, 0.15) is 32.1 Å². The lowest BCUT2D eigenvalue weighted by Gasteiger charge is -2.41. The lowest BCUT2D eigenvalue weighted by molar-refractivity contribution is -0.213. The topological polar surface area (TPSA) is 73.6 Å². The summed E-state index contributed by atoms with van der Waals surface area (Å²) in [6, 6.07) is 0.768. The number of aliphatic hydroxyl groups is 1. The molecule has 5 nitrogen and oxygen atoms in total. The molecular formula is C13H18F2N2O3. The fourth-order valence-electron chi connectivity index (χ4n) is 2.78. The van der Waals surface area contributed by atoms with E-state index in [2.05, 4.69) is 0 Å². The molecule has 1 amide bonds. The zero-order valence-electron chi connectivity index (χ0n) is 11.1.